The van der Waals surface area contributed by atoms with Gasteiger partial charge in [0.25, 0.3) is 0 Å². The molecule has 2 heterocycles. The lowest BCUT2D eigenvalue weighted by Gasteiger charge is -2.09. The van der Waals surface area contributed by atoms with Crippen LogP contribution in [0.2, 0.25) is 0 Å². The van der Waals surface area contributed by atoms with Crippen LogP contribution in [0.3, 0.4) is 0 Å². The highest BCUT2D eigenvalue weighted by molar-refractivity contribution is 5.96. The summed E-state index contributed by atoms with van der Waals surface area (Å²) < 4.78 is 21.5. The van der Waals surface area contributed by atoms with Gasteiger partial charge in [-0.1, -0.05) is 12.1 Å². The summed E-state index contributed by atoms with van der Waals surface area (Å²) in [6.07, 6.45) is 0. The number of benzene rings is 2. The predicted molar refractivity (Wildman–Crippen MR) is 102 cm³/mol. The van der Waals surface area contributed by atoms with E-state index < -0.39 is 11.3 Å². The van der Waals surface area contributed by atoms with Crippen LogP contribution in [-0.4, -0.2) is 13.7 Å². The van der Waals surface area contributed by atoms with Gasteiger partial charge in [0, 0.05) is 28.5 Å². The van der Waals surface area contributed by atoms with E-state index in [0.29, 0.717) is 45.6 Å². The van der Waals surface area contributed by atoms with Crippen molar-refractivity contribution in [2.45, 2.75) is 6.92 Å². The van der Waals surface area contributed by atoms with Crippen LogP contribution in [0.4, 0.5) is 0 Å². The SMILES string of the molecule is CCOc1cccc2cc(-c3cc(=O)oc4cc(OC)ccc34)c(=O)oc12. The average molecular weight is 364 g/mol. The van der Waals surface area contributed by atoms with E-state index >= 15 is 0 Å². The summed E-state index contributed by atoms with van der Waals surface area (Å²) >= 11 is 0. The third kappa shape index (κ3) is 2.95. The largest absolute Gasteiger partial charge is 0.497 e. The van der Waals surface area contributed by atoms with Crippen LogP contribution in [0, 0.1) is 0 Å². The minimum absolute atomic E-state index is 0.277. The summed E-state index contributed by atoms with van der Waals surface area (Å²) in [6, 6.07) is 13.5. The van der Waals surface area contributed by atoms with Gasteiger partial charge < -0.3 is 18.3 Å². The van der Waals surface area contributed by atoms with Crippen LogP contribution < -0.4 is 20.7 Å². The van der Waals surface area contributed by atoms with E-state index in [9.17, 15) is 9.59 Å². The van der Waals surface area contributed by atoms with Gasteiger partial charge in [-0.3, -0.25) is 0 Å². The maximum Gasteiger partial charge on any atom is 0.344 e. The molecule has 0 amide bonds. The lowest BCUT2D eigenvalue weighted by Crippen LogP contribution is -2.07. The normalized spacial score (nSPS) is 11.0. The molecule has 6 heteroatoms. The summed E-state index contributed by atoms with van der Waals surface area (Å²) in [5.74, 6) is 1.05. The van der Waals surface area contributed by atoms with Gasteiger partial charge in [-0.2, -0.15) is 0 Å². The Morgan fingerprint density at radius 3 is 2.59 bits per heavy atom. The Morgan fingerprint density at radius 2 is 1.81 bits per heavy atom. The molecule has 0 fully saturated rings. The molecule has 0 saturated heterocycles. The van der Waals surface area contributed by atoms with Gasteiger partial charge in [-0.25, -0.2) is 9.59 Å². The number of rotatable bonds is 4. The monoisotopic (exact) mass is 364 g/mol. The number of ether oxygens (including phenoxy) is 2. The van der Waals surface area contributed by atoms with Gasteiger partial charge >= 0.3 is 11.3 Å². The standard InChI is InChI=1S/C21H16O6/c1-3-25-17-6-4-5-12-9-16(21(23)27-20(12)17)15-11-19(22)26-18-10-13(24-2)7-8-14(15)18/h4-11H,3H2,1-2H3. The molecule has 2 aromatic carbocycles. The number of hydrogen-bond donors (Lipinski definition) is 0. The Bertz CT molecular complexity index is 1270. The van der Waals surface area contributed by atoms with Gasteiger partial charge in [0.05, 0.1) is 19.3 Å². The van der Waals surface area contributed by atoms with Crippen LogP contribution in [-0.2, 0) is 0 Å². The smallest absolute Gasteiger partial charge is 0.344 e. The van der Waals surface area contributed by atoms with Crippen LogP contribution in [0.25, 0.3) is 33.1 Å². The topological polar surface area (TPSA) is 78.9 Å². The molecule has 2 aromatic heterocycles. The number of fused-ring (bicyclic) bond motifs is 2. The van der Waals surface area contributed by atoms with E-state index in [-0.39, 0.29) is 5.56 Å². The van der Waals surface area contributed by atoms with E-state index in [0.717, 1.165) is 0 Å². The quantitative estimate of drug-likeness (QED) is 0.510. The summed E-state index contributed by atoms with van der Waals surface area (Å²) in [6.45, 7) is 2.31. The fourth-order valence-corrected chi connectivity index (χ4v) is 3.07. The fraction of sp³-hybridized carbons (Fsp3) is 0.143. The van der Waals surface area contributed by atoms with Gasteiger partial charge in [-0.05, 0) is 31.2 Å². The first-order valence-electron chi connectivity index (χ1n) is 8.42. The molecule has 27 heavy (non-hydrogen) atoms. The zero-order valence-corrected chi connectivity index (χ0v) is 14.8. The minimum Gasteiger partial charge on any atom is -0.497 e. The molecular weight excluding hydrogens is 348 g/mol. The molecule has 0 aliphatic rings. The Labute approximate surface area is 153 Å². The highest BCUT2D eigenvalue weighted by Gasteiger charge is 2.15. The van der Waals surface area contributed by atoms with Crippen molar-refractivity contribution >= 4 is 21.9 Å². The van der Waals surface area contributed by atoms with Crippen LogP contribution in [0.5, 0.6) is 11.5 Å². The third-order valence-electron chi connectivity index (χ3n) is 4.27. The van der Waals surface area contributed by atoms with Crippen LogP contribution >= 0.6 is 0 Å². The van der Waals surface area contributed by atoms with E-state index in [1.165, 1.54) is 13.2 Å². The van der Waals surface area contributed by atoms with E-state index in [1.54, 1.807) is 30.3 Å². The lowest BCUT2D eigenvalue weighted by atomic mass is 10.0. The second kappa shape index (κ2) is 6.64. The zero-order chi connectivity index (χ0) is 19.0. The van der Waals surface area contributed by atoms with E-state index in [1.807, 2.05) is 19.1 Å². The maximum atomic E-state index is 12.7. The number of methoxy groups -OCH3 is 1. The first kappa shape index (κ1) is 16.9. The number of para-hydroxylation sites is 1. The highest BCUT2D eigenvalue weighted by Crippen LogP contribution is 2.31. The molecule has 0 N–H and O–H groups in total. The van der Waals surface area contributed by atoms with E-state index in [4.69, 9.17) is 18.3 Å². The number of hydrogen-bond acceptors (Lipinski definition) is 6. The molecule has 0 saturated carbocycles. The maximum absolute atomic E-state index is 12.7. The molecular formula is C21H16O6. The Hall–Kier alpha value is -3.54. The van der Waals surface area contributed by atoms with Gasteiger partial charge in [-0.15, -0.1) is 0 Å². The highest BCUT2D eigenvalue weighted by atomic mass is 16.5. The van der Waals surface area contributed by atoms with Crippen molar-refractivity contribution in [2.24, 2.45) is 0 Å². The van der Waals surface area contributed by atoms with Crippen LogP contribution in [0.1, 0.15) is 6.92 Å². The molecule has 0 aliphatic heterocycles. The molecule has 6 nitrogen and oxygen atoms in total. The lowest BCUT2D eigenvalue weighted by molar-refractivity contribution is 0.337. The van der Waals surface area contributed by atoms with Gasteiger partial charge in [0.2, 0.25) is 0 Å². The van der Waals surface area contributed by atoms with Crippen molar-refractivity contribution in [1.29, 1.82) is 0 Å². The molecule has 0 radical (unpaired) electrons. The van der Waals surface area contributed by atoms with Crippen molar-refractivity contribution in [1.82, 2.24) is 0 Å². The first-order chi connectivity index (χ1) is 13.1. The Balaban J connectivity index is 2.01. The van der Waals surface area contributed by atoms with Crippen LogP contribution in [0.15, 0.2) is 67.0 Å². The molecule has 0 atom stereocenters. The molecule has 4 rings (SSSR count). The third-order valence-corrected chi connectivity index (χ3v) is 4.27. The average Bonchev–Trinajstić information content (AvgIpc) is 2.67. The van der Waals surface area contributed by atoms with Gasteiger partial charge in [0.15, 0.2) is 11.3 Å². The summed E-state index contributed by atoms with van der Waals surface area (Å²) in [4.78, 5) is 24.7. The minimum atomic E-state index is -0.562. The zero-order valence-electron chi connectivity index (χ0n) is 14.8. The molecule has 136 valence electrons. The predicted octanol–water partition coefficient (Wildman–Crippen LogP) is 3.97. The first-order valence-corrected chi connectivity index (χ1v) is 8.42. The van der Waals surface area contributed by atoms with Crippen molar-refractivity contribution in [3.05, 3.63) is 69.4 Å². The fourth-order valence-electron chi connectivity index (χ4n) is 3.07. The van der Waals surface area contributed by atoms with Crippen molar-refractivity contribution < 1.29 is 18.3 Å². The van der Waals surface area contributed by atoms with Crippen molar-refractivity contribution in [2.75, 3.05) is 13.7 Å². The van der Waals surface area contributed by atoms with Crippen molar-refractivity contribution in [3.8, 4) is 22.6 Å². The summed E-state index contributed by atoms with van der Waals surface area (Å²) in [5.41, 5.74) is 0.313. The van der Waals surface area contributed by atoms with Gasteiger partial charge in [0.1, 0.15) is 11.3 Å². The Kier molecular flexibility index (Phi) is 4.16. The van der Waals surface area contributed by atoms with Crippen molar-refractivity contribution in [3.63, 3.8) is 0 Å². The molecule has 0 bridgehead atoms. The second-order valence-electron chi connectivity index (χ2n) is 5.90. The second-order valence-corrected chi connectivity index (χ2v) is 5.90. The molecule has 4 aromatic rings. The van der Waals surface area contributed by atoms with E-state index in [2.05, 4.69) is 0 Å². The molecule has 0 aliphatic carbocycles. The summed E-state index contributed by atoms with van der Waals surface area (Å²) in [7, 11) is 1.52. The Morgan fingerprint density at radius 1 is 0.963 bits per heavy atom. The molecule has 0 spiro atoms. The molecule has 0 unspecified atom stereocenters. The summed E-state index contributed by atoms with van der Waals surface area (Å²) in [5, 5.41) is 1.31.